The number of hydrogen-bond donors (Lipinski definition) is 1. The first-order chi connectivity index (χ1) is 5.20. The van der Waals surface area contributed by atoms with Crippen molar-refractivity contribution in [2.45, 2.75) is 40.0 Å². The minimum Gasteiger partial charge on any atom is -0.356 e. The first-order valence-electron chi connectivity index (χ1n) is 4.47. The third-order valence-electron chi connectivity index (χ3n) is 1.82. The van der Waals surface area contributed by atoms with E-state index in [0.29, 0.717) is 12.3 Å². The Balaban J connectivity index is 3.30. The van der Waals surface area contributed by atoms with Gasteiger partial charge in [-0.25, -0.2) is 0 Å². The van der Waals surface area contributed by atoms with Crippen molar-refractivity contribution in [3.8, 4) is 0 Å². The number of nitrogens with one attached hydrogen (secondary N) is 1. The molecule has 0 aromatic heterocycles. The molecule has 0 saturated carbocycles. The molecule has 1 atom stereocenters. The molecular formula is C9H19NO. The van der Waals surface area contributed by atoms with Gasteiger partial charge in [0, 0.05) is 13.0 Å². The van der Waals surface area contributed by atoms with E-state index in [0.717, 1.165) is 19.4 Å². The van der Waals surface area contributed by atoms with E-state index >= 15 is 0 Å². The summed E-state index contributed by atoms with van der Waals surface area (Å²) in [5.41, 5.74) is 0. The molecule has 0 aromatic carbocycles. The summed E-state index contributed by atoms with van der Waals surface area (Å²) >= 11 is 0. The Hall–Kier alpha value is -0.530. The molecule has 0 radical (unpaired) electrons. The number of rotatable bonds is 5. The molecular weight excluding hydrogens is 138 g/mol. The van der Waals surface area contributed by atoms with Gasteiger partial charge in [-0.3, -0.25) is 4.79 Å². The van der Waals surface area contributed by atoms with Crippen molar-refractivity contribution in [3.63, 3.8) is 0 Å². The van der Waals surface area contributed by atoms with Crippen LogP contribution >= 0.6 is 0 Å². The average molecular weight is 157 g/mol. The lowest BCUT2D eigenvalue weighted by atomic mass is 10.1. The van der Waals surface area contributed by atoms with Crippen molar-refractivity contribution in [3.05, 3.63) is 0 Å². The van der Waals surface area contributed by atoms with Crippen LogP contribution in [-0.2, 0) is 4.79 Å². The van der Waals surface area contributed by atoms with E-state index in [9.17, 15) is 4.79 Å². The molecule has 11 heavy (non-hydrogen) atoms. The standard InChI is InChI=1S/C9H19NO/c1-4-6-9(11)10-7-8(3)5-2/h8H,4-7H2,1-3H3,(H,10,11). The SMILES string of the molecule is CCCC(=O)NCC(C)CC. The van der Waals surface area contributed by atoms with Gasteiger partial charge in [0.1, 0.15) is 0 Å². The van der Waals surface area contributed by atoms with Crippen molar-refractivity contribution in [2.75, 3.05) is 6.54 Å². The van der Waals surface area contributed by atoms with E-state index in [-0.39, 0.29) is 5.91 Å². The zero-order valence-corrected chi connectivity index (χ0v) is 7.81. The maximum atomic E-state index is 11.0. The molecule has 1 unspecified atom stereocenters. The average Bonchev–Trinajstić information content (AvgIpc) is 2.01. The van der Waals surface area contributed by atoms with E-state index < -0.39 is 0 Å². The maximum absolute atomic E-state index is 11.0. The lowest BCUT2D eigenvalue weighted by molar-refractivity contribution is -0.121. The van der Waals surface area contributed by atoms with E-state index in [4.69, 9.17) is 0 Å². The third kappa shape index (κ3) is 5.89. The third-order valence-corrected chi connectivity index (χ3v) is 1.82. The largest absolute Gasteiger partial charge is 0.356 e. The Bertz CT molecular complexity index is 112. The van der Waals surface area contributed by atoms with Gasteiger partial charge in [-0.15, -0.1) is 0 Å². The Labute approximate surface area is 69.4 Å². The predicted octanol–water partition coefficient (Wildman–Crippen LogP) is 1.95. The highest BCUT2D eigenvalue weighted by Crippen LogP contribution is 1.97. The summed E-state index contributed by atoms with van der Waals surface area (Å²) in [6, 6.07) is 0. The molecule has 0 heterocycles. The molecule has 0 bridgehead atoms. The fraction of sp³-hybridized carbons (Fsp3) is 0.889. The molecule has 0 aromatic rings. The predicted molar refractivity (Wildman–Crippen MR) is 47.4 cm³/mol. The van der Waals surface area contributed by atoms with Crippen molar-refractivity contribution < 1.29 is 4.79 Å². The number of carbonyl (C=O) groups excluding carboxylic acids is 1. The molecule has 0 fully saturated rings. The van der Waals surface area contributed by atoms with Gasteiger partial charge >= 0.3 is 0 Å². The number of hydrogen-bond acceptors (Lipinski definition) is 1. The van der Waals surface area contributed by atoms with Crippen LogP contribution in [0.3, 0.4) is 0 Å². The van der Waals surface area contributed by atoms with Gasteiger partial charge in [0.15, 0.2) is 0 Å². The van der Waals surface area contributed by atoms with E-state index in [1.54, 1.807) is 0 Å². The fourth-order valence-electron chi connectivity index (χ4n) is 0.748. The first kappa shape index (κ1) is 10.5. The van der Waals surface area contributed by atoms with E-state index in [2.05, 4.69) is 19.2 Å². The molecule has 1 N–H and O–H groups in total. The maximum Gasteiger partial charge on any atom is 0.219 e. The van der Waals surface area contributed by atoms with E-state index in [1.165, 1.54) is 0 Å². The molecule has 0 rings (SSSR count). The van der Waals surface area contributed by atoms with Crippen LogP contribution in [-0.4, -0.2) is 12.5 Å². The Kier molecular flexibility index (Phi) is 5.90. The number of amides is 1. The molecule has 0 aliphatic rings. The Morgan fingerprint density at radius 1 is 1.45 bits per heavy atom. The second kappa shape index (κ2) is 6.20. The summed E-state index contributed by atoms with van der Waals surface area (Å²) in [5, 5.41) is 2.90. The van der Waals surface area contributed by atoms with Gasteiger partial charge < -0.3 is 5.32 Å². The van der Waals surface area contributed by atoms with Crippen LogP contribution in [0.25, 0.3) is 0 Å². The topological polar surface area (TPSA) is 29.1 Å². The summed E-state index contributed by atoms with van der Waals surface area (Å²) in [7, 11) is 0. The van der Waals surface area contributed by atoms with Gasteiger partial charge in [0.25, 0.3) is 0 Å². The van der Waals surface area contributed by atoms with Crippen molar-refractivity contribution in [2.24, 2.45) is 5.92 Å². The highest BCUT2D eigenvalue weighted by atomic mass is 16.1. The summed E-state index contributed by atoms with van der Waals surface area (Å²) in [5.74, 6) is 0.795. The zero-order chi connectivity index (χ0) is 8.69. The Morgan fingerprint density at radius 2 is 2.09 bits per heavy atom. The van der Waals surface area contributed by atoms with Crippen molar-refractivity contribution in [1.29, 1.82) is 0 Å². The zero-order valence-electron chi connectivity index (χ0n) is 7.81. The molecule has 0 saturated heterocycles. The van der Waals surface area contributed by atoms with Gasteiger partial charge in [-0.05, 0) is 12.3 Å². The van der Waals surface area contributed by atoms with Crippen LogP contribution in [0.1, 0.15) is 40.0 Å². The smallest absolute Gasteiger partial charge is 0.219 e. The van der Waals surface area contributed by atoms with E-state index in [1.807, 2.05) is 6.92 Å². The van der Waals surface area contributed by atoms with Crippen LogP contribution in [0.4, 0.5) is 0 Å². The lowest BCUT2D eigenvalue weighted by Crippen LogP contribution is -2.27. The Morgan fingerprint density at radius 3 is 2.55 bits per heavy atom. The summed E-state index contributed by atoms with van der Waals surface area (Å²) in [4.78, 5) is 11.0. The minimum atomic E-state index is 0.188. The summed E-state index contributed by atoms with van der Waals surface area (Å²) in [6.07, 6.45) is 2.73. The van der Waals surface area contributed by atoms with Crippen molar-refractivity contribution >= 4 is 5.91 Å². The van der Waals surface area contributed by atoms with Crippen LogP contribution in [0.5, 0.6) is 0 Å². The molecule has 2 nitrogen and oxygen atoms in total. The molecule has 0 aliphatic heterocycles. The normalized spacial score (nSPS) is 12.6. The molecule has 66 valence electrons. The highest BCUT2D eigenvalue weighted by Gasteiger charge is 2.01. The van der Waals surface area contributed by atoms with Crippen LogP contribution in [0.15, 0.2) is 0 Å². The van der Waals surface area contributed by atoms with Gasteiger partial charge in [-0.1, -0.05) is 27.2 Å². The van der Waals surface area contributed by atoms with Gasteiger partial charge in [0.2, 0.25) is 5.91 Å². The van der Waals surface area contributed by atoms with Crippen molar-refractivity contribution in [1.82, 2.24) is 5.32 Å². The summed E-state index contributed by atoms with van der Waals surface area (Å²) < 4.78 is 0. The number of carbonyl (C=O) groups is 1. The van der Waals surface area contributed by atoms with Crippen LogP contribution < -0.4 is 5.32 Å². The monoisotopic (exact) mass is 157 g/mol. The highest BCUT2D eigenvalue weighted by molar-refractivity contribution is 5.75. The second-order valence-electron chi connectivity index (χ2n) is 3.07. The molecule has 1 amide bonds. The molecule has 0 aliphatic carbocycles. The second-order valence-corrected chi connectivity index (χ2v) is 3.07. The quantitative estimate of drug-likeness (QED) is 0.649. The molecule has 0 spiro atoms. The fourth-order valence-corrected chi connectivity index (χ4v) is 0.748. The lowest BCUT2D eigenvalue weighted by Gasteiger charge is -2.08. The summed E-state index contributed by atoms with van der Waals surface area (Å²) in [6.45, 7) is 7.13. The van der Waals surface area contributed by atoms with Crippen LogP contribution in [0, 0.1) is 5.92 Å². The van der Waals surface area contributed by atoms with Gasteiger partial charge in [0.05, 0.1) is 0 Å². The first-order valence-corrected chi connectivity index (χ1v) is 4.47. The minimum absolute atomic E-state index is 0.188. The van der Waals surface area contributed by atoms with Gasteiger partial charge in [-0.2, -0.15) is 0 Å². The molecule has 2 heteroatoms. The van der Waals surface area contributed by atoms with Crippen LogP contribution in [0.2, 0.25) is 0 Å².